The predicted octanol–water partition coefficient (Wildman–Crippen LogP) is 3.17. The van der Waals surface area contributed by atoms with Crippen molar-refractivity contribution in [3.8, 4) is 0 Å². The maximum absolute atomic E-state index is 12.0. The van der Waals surface area contributed by atoms with Crippen molar-refractivity contribution in [1.82, 2.24) is 5.32 Å². The average molecular weight is 328 g/mol. The minimum absolute atomic E-state index is 0.0667. The zero-order chi connectivity index (χ0) is 16.4. The molecule has 2 aromatic rings. The predicted molar refractivity (Wildman–Crippen MR) is 87.2 cm³/mol. The highest BCUT2D eigenvalue weighted by Gasteiger charge is 2.22. The van der Waals surface area contributed by atoms with E-state index >= 15 is 0 Å². The molecule has 114 valence electrons. The molecule has 2 aromatic carbocycles. The Kier molecular flexibility index (Phi) is 3.91. The Labute approximate surface area is 136 Å². The van der Waals surface area contributed by atoms with Crippen molar-refractivity contribution in [1.29, 1.82) is 0 Å². The molecule has 0 bridgehead atoms. The molecule has 1 aliphatic rings. The molecule has 0 saturated carbocycles. The molecule has 7 heteroatoms. The van der Waals surface area contributed by atoms with Crippen molar-refractivity contribution >= 4 is 35.1 Å². The van der Waals surface area contributed by atoms with Crippen molar-refractivity contribution < 1.29 is 9.72 Å². The fraction of sp³-hybridized carbons (Fsp3) is 0. The average Bonchev–Trinajstić information content (AvgIpc) is 2.91. The van der Waals surface area contributed by atoms with Gasteiger partial charge in [0, 0.05) is 22.7 Å². The first-order valence-corrected chi connectivity index (χ1v) is 7.03. The van der Waals surface area contributed by atoms with E-state index in [0.717, 1.165) is 0 Å². The molecule has 1 heterocycles. The topological polar surface area (TPSA) is 84.6 Å². The standard InChI is InChI=1S/C16H10ClN3O3/c17-13-7-2-1-4-10(13)9-14-16(21)19-15(18-14)11-5-3-6-12(8-11)20(22)23/h1-9H,(H,18,19,21)/b14-9-. The van der Waals surface area contributed by atoms with E-state index in [9.17, 15) is 14.9 Å². The third kappa shape index (κ3) is 3.12. The monoisotopic (exact) mass is 327 g/mol. The second kappa shape index (κ2) is 6.02. The molecule has 1 N–H and O–H groups in total. The molecule has 0 aliphatic carbocycles. The highest BCUT2D eigenvalue weighted by Crippen LogP contribution is 2.21. The second-order valence-corrected chi connectivity index (χ2v) is 5.18. The summed E-state index contributed by atoms with van der Waals surface area (Å²) < 4.78 is 0. The molecule has 0 fully saturated rings. The van der Waals surface area contributed by atoms with Crippen LogP contribution in [0.3, 0.4) is 0 Å². The minimum atomic E-state index is -0.499. The Morgan fingerprint density at radius 3 is 2.70 bits per heavy atom. The molecule has 0 radical (unpaired) electrons. The van der Waals surface area contributed by atoms with Crippen LogP contribution in [0.4, 0.5) is 5.69 Å². The van der Waals surface area contributed by atoms with E-state index in [-0.39, 0.29) is 23.1 Å². The summed E-state index contributed by atoms with van der Waals surface area (Å²) in [5.74, 6) is -0.108. The van der Waals surface area contributed by atoms with Crippen molar-refractivity contribution in [2.75, 3.05) is 0 Å². The molecule has 0 spiro atoms. The van der Waals surface area contributed by atoms with Gasteiger partial charge in [0.1, 0.15) is 11.5 Å². The summed E-state index contributed by atoms with van der Waals surface area (Å²) in [4.78, 5) is 26.6. The number of non-ortho nitro benzene ring substituents is 1. The Morgan fingerprint density at radius 1 is 1.17 bits per heavy atom. The zero-order valence-electron chi connectivity index (χ0n) is 11.7. The summed E-state index contributed by atoms with van der Waals surface area (Å²) in [5, 5.41) is 13.9. The van der Waals surface area contributed by atoms with Crippen molar-refractivity contribution in [2.45, 2.75) is 0 Å². The van der Waals surface area contributed by atoms with Crippen LogP contribution in [0.2, 0.25) is 5.02 Å². The van der Waals surface area contributed by atoms with Crippen LogP contribution in [0.15, 0.2) is 59.2 Å². The van der Waals surface area contributed by atoms with E-state index < -0.39 is 4.92 Å². The van der Waals surface area contributed by atoms with E-state index in [4.69, 9.17) is 11.6 Å². The first-order valence-electron chi connectivity index (χ1n) is 6.66. The lowest BCUT2D eigenvalue weighted by atomic mass is 10.2. The van der Waals surface area contributed by atoms with Crippen LogP contribution in [0.1, 0.15) is 11.1 Å². The summed E-state index contributed by atoms with van der Waals surface area (Å²) >= 11 is 6.06. The van der Waals surface area contributed by atoms with Crippen LogP contribution < -0.4 is 5.32 Å². The third-order valence-corrected chi connectivity index (χ3v) is 3.57. The molecule has 1 amide bonds. The molecular weight excluding hydrogens is 318 g/mol. The molecule has 23 heavy (non-hydrogen) atoms. The van der Waals surface area contributed by atoms with Gasteiger partial charge in [-0.05, 0) is 17.7 Å². The van der Waals surface area contributed by atoms with Gasteiger partial charge in [0.15, 0.2) is 0 Å². The van der Waals surface area contributed by atoms with E-state index in [1.54, 1.807) is 36.4 Å². The van der Waals surface area contributed by atoms with E-state index in [1.807, 2.05) is 0 Å². The highest BCUT2D eigenvalue weighted by molar-refractivity contribution is 6.32. The molecule has 1 aliphatic heterocycles. The van der Waals surface area contributed by atoms with Gasteiger partial charge in [-0.15, -0.1) is 0 Å². The SMILES string of the molecule is O=C1NC(c2cccc([N+](=O)[O-])c2)=N/C1=C\c1ccccc1Cl. The molecule has 0 unspecified atom stereocenters. The van der Waals surface area contributed by atoms with Gasteiger partial charge in [-0.25, -0.2) is 4.99 Å². The second-order valence-electron chi connectivity index (χ2n) is 4.77. The number of aliphatic imine (C=N–C) groups is 1. The molecule has 0 saturated heterocycles. The van der Waals surface area contributed by atoms with Gasteiger partial charge in [0.2, 0.25) is 0 Å². The first kappa shape index (κ1) is 14.9. The number of carbonyl (C=O) groups excluding carboxylic acids is 1. The number of amides is 1. The summed E-state index contributed by atoms with van der Waals surface area (Å²) in [5.41, 5.74) is 1.26. The summed E-state index contributed by atoms with van der Waals surface area (Å²) in [6.45, 7) is 0. The van der Waals surface area contributed by atoms with Crippen molar-refractivity contribution in [3.05, 3.63) is 80.5 Å². The summed E-state index contributed by atoms with van der Waals surface area (Å²) in [7, 11) is 0. The first-order chi connectivity index (χ1) is 11.0. The Morgan fingerprint density at radius 2 is 1.96 bits per heavy atom. The van der Waals surface area contributed by atoms with Gasteiger partial charge in [-0.1, -0.05) is 41.9 Å². The maximum Gasteiger partial charge on any atom is 0.275 e. The number of amidine groups is 1. The van der Waals surface area contributed by atoms with Crippen molar-refractivity contribution in [3.63, 3.8) is 0 Å². The van der Waals surface area contributed by atoms with Crippen LogP contribution in [0.25, 0.3) is 6.08 Å². The normalized spacial score (nSPS) is 15.4. The number of halogens is 1. The number of carbonyl (C=O) groups is 1. The van der Waals surface area contributed by atoms with Crippen LogP contribution in [-0.2, 0) is 4.79 Å². The summed E-state index contributed by atoms with van der Waals surface area (Å²) in [6.07, 6.45) is 1.57. The molecule has 0 atom stereocenters. The molecular formula is C16H10ClN3O3. The number of nitrogens with one attached hydrogen (secondary N) is 1. The third-order valence-electron chi connectivity index (χ3n) is 3.22. The Hall–Kier alpha value is -2.99. The summed E-state index contributed by atoms with van der Waals surface area (Å²) in [6, 6.07) is 13.0. The fourth-order valence-corrected chi connectivity index (χ4v) is 2.30. The molecule has 6 nitrogen and oxygen atoms in total. The largest absolute Gasteiger partial charge is 0.305 e. The zero-order valence-corrected chi connectivity index (χ0v) is 12.4. The van der Waals surface area contributed by atoms with E-state index in [1.165, 1.54) is 18.2 Å². The number of nitro groups is 1. The lowest BCUT2D eigenvalue weighted by Gasteiger charge is -1.99. The quantitative estimate of drug-likeness (QED) is 0.534. The van der Waals surface area contributed by atoms with E-state index in [2.05, 4.69) is 10.3 Å². The number of rotatable bonds is 3. The number of nitro benzene ring substituents is 1. The van der Waals surface area contributed by atoms with Gasteiger partial charge in [0.25, 0.3) is 11.6 Å². The highest BCUT2D eigenvalue weighted by atomic mass is 35.5. The van der Waals surface area contributed by atoms with Crippen LogP contribution in [0.5, 0.6) is 0 Å². The van der Waals surface area contributed by atoms with Crippen LogP contribution in [0, 0.1) is 10.1 Å². The lowest BCUT2D eigenvalue weighted by molar-refractivity contribution is -0.384. The van der Waals surface area contributed by atoms with E-state index in [0.29, 0.717) is 16.1 Å². The molecule has 3 rings (SSSR count). The number of nitrogens with zero attached hydrogens (tertiary/aromatic N) is 2. The van der Waals surface area contributed by atoms with Gasteiger partial charge in [-0.3, -0.25) is 14.9 Å². The van der Waals surface area contributed by atoms with Crippen LogP contribution >= 0.6 is 11.6 Å². The fourth-order valence-electron chi connectivity index (χ4n) is 2.11. The van der Waals surface area contributed by atoms with Gasteiger partial charge in [-0.2, -0.15) is 0 Å². The maximum atomic E-state index is 12.0. The molecule has 0 aromatic heterocycles. The Bertz CT molecular complexity index is 874. The minimum Gasteiger partial charge on any atom is -0.305 e. The number of hydrogen-bond donors (Lipinski definition) is 1. The van der Waals surface area contributed by atoms with Crippen LogP contribution in [-0.4, -0.2) is 16.7 Å². The van der Waals surface area contributed by atoms with Gasteiger partial charge >= 0.3 is 0 Å². The van der Waals surface area contributed by atoms with Crippen molar-refractivity contribution in [2.24, 2.45) is 4.99 Å². The number of benzene rings is 2. The Balaban J connectivity index is 1.97. The number of hydrogen-bond acceptors (Lipinski definition) is 4. The van der Waals surface area contributed by atoms with Gasteiger partial charge in [0.05, 0.1) is 4.92 Å². The lowest BCUT2D eigenvalue weighted by Crippen LogP contribution is -2.24. The smallest absolute Gasteiger partial charge is 0.275 e. The van der Waals surface area contributed by atoms with Gasteiger partial charge < -0.3 is 5.32 Å².